The second kappa shape index (κ2) is 20.2. The van der Waals surface area contributed by atoms with Crippen LogP contribution in [-0.4, -0.2) is 0 Å². The fraction of sp³-hybridized carbons (Fsp3) is 0.529. The molecule has 2 atom stereocenters. The summed E-state index contributed by atoms with van der Waals surface area (Å²) in [6, 6.07) is 33.1. The Morgan fingerprint density at radius 1 is 0.528 bits per heavy atom. The van der Waals surface area contributed by atoms with Gasteiger partial charge < -0.3 is 11.5 Å². The topological polar surface area (TPSA) is 52.0 Å². The average molecular weight is 713 g/mol. The smallest absolute Gasteiger partial charge is 0.0316 e. The molecule has 5 rings (SSSR count). The van der Waals surface area contributed by atoms with E-state index in [1.165, 1.54) is 160 Å². The quantitative estimate of drug-likeness (QED) is 0.0708. The first kappa shape index (κ1) is 40.7. The highest BCUT2D eigenvalue weighted by atomic mass is 14.5. The highest BCUT2D eigenvalue weighted by Crippen LogP contribution is 2.48. The van der Waals surface area contributed by atoms with Crippen molar-refractivity contribution in [2.24, 2.45) is 5.92 Å². The minimum absolute atomic E-state index is 0.0553. The van der Waals surface area contributed by atoms with Gasteiger partial charge >= 0.3 is 0 Å². The summed E-state index contributed by atoms with van der Waals surface area (Å²) in [6.45, 7) is 11.4. The van der Waals surface area contributed by atoms with Crippen molar-refractivity contribution < 1.29 is 0 Å². The van der Waals surface area contributed by atoms with Crippen molar-refractivity contribution >= 4 is 11.4 Å². The van der Waals surface area contributed by atoms with E-state index in [1.807, 2.05) is 0 Å². The van der Waals surface area contributed by atoms with Gasteiger partial charge in [0.2, 0.25) is 0 Å². The first-order valence-electron chi connectivity index (χ1n) is 21.7. The van der Waals surface area contributed by atoms with Crippen molar-refractivity contribution in [3.63, 3.8) is 0 Å². The van der Waals surface area contributed by atoms with Crippen LogP contribution in [0.1, 0.15) is 193 Å². The summed E-state index contributed by atoms with van der Waals surface area (Å²) < 4.78 is 0. The molecule has 2 heteroatoms. The fourth-order valence-corrected chi connectivity index (χ4v) is 9.69. The van der Waals surface area contributed by atoms with Gasteiger partial charge in [-0.05, 0) is 127 Å². The van der Waals surface area contributed by atoms with Gasteiger partial charge in [0.15, 0.2) is 0 Å². The van der Waals surface area contributed by atoms with Crippen LogP contribution in [0.15, 0.2) is 84.9 Å². The van der Waals surface area contributed by atoms with E-state index in [0.717, 1.165) is 17.3 Å². The van der Waals surface area contributed by atoms with Crippen molar-refractivity contribution in [2.75, 3.05) is 11.5 Å². The molecule has 4 aromatic rings. The van der Waals surface area contributed by atoms with Gasteiger partial charge in [-0.2, -0.15) is 0 Å². The Balaban J connectivity index is 1.48. The molecule has 2 nitrogen and oxygen atoms in total. The maximum absolute atomic E-state index is 6.22. The lowest BCUT2D eigenvalue weighted by atomic mass is 9.62. The first-order chi connectivity index (χ1) is 25.8. The van der Waals surface area contributed by atoms with E-state index in [2.05, 4.69) is 120 Å². The molecule has 286 valence electrons. The van der Waals surface area contributed by atoms with E-state index in [1.54, 1.807) is 0 Å². The minimum Gasteiger partial charge on any atom is -0.399 e. The lowest BCUT2D eigenvalue weighted by molar-refractivity contribution is 0.250. The molecule has 0 aliphatic heterocycles. The van der Waals surface area contributed by atoms with Gasteiger partial charge in [0.1, 0.15) is 0 Å². The lowest BCUT2D eigenvalue weighted by Gasteiger charge is -2.42. The maximum Gasteiger partial charge on any atom is 0.0316 e. The molecule has 4 N–H and O–H groups in total. The second-order valence-electron chi connectivity index (χ2n) is 16.8. The standard InChI is InChI=1S/C51H72N2/c1-6-9-12-15-18-49(47-30-28-45(52)36-38(47)4)41-20-24-43(25-21-41)51(34-32-40(33-35-51)17-14-11-8-3)44-26-22-42(23-27-44)50(19-16-13-10-7-2)48-31-29-46(53)37-39(48)5/h20-31,36-37,40,49-50H,6-19,32-35,52-53H2,1-5H3. The Kier molecular flexibility index (Phi) is 15.5. The maximum atomic E-state index is 6.22. The van der Waals surface area contributed by atoms with Crippen LogP contribution in [0.5, 0.6) is 0 Å². The summed E-state index contributed by atoms with van der Waals surface area (Å²) in [4.78, 5) is 0. The van der Waals surface area contributed by atoms with Gasteiger partial charge in [-0.1, -0.05) is 158 Å². The van der Waals surface area contributed by atoms with Crippen LogP contribution in [0, 0.1) is 19.8 Å². The molecule has 0 heterocycles. The van der Waals surface area contributed by atoms with Gasteiger partial charge in [-0.25, -0.2) is 0 Å². The molecule has 1 aliphatic carbocycles. The summed E-state index contributed by atoms with van der Waals surface area (Å²) in [7, 11) is 0. The molecule has 0 saturated heterocycles. The zero-order valence-electron chi connectivity index (χ0n) is 34.2. The zero-order chi connectivity index (χ0) is 37.6. The number of aryl methyl sites for hydroxylation is 2. The second-order valence-corrected chi connectivity index (χ2v) is 16.8. The number of rotatable bonds is 20. The van der Waals surface area contributed by atoms with E-state index in [0.29, 0.717) is 11.8 Å². The number of benzene rings is 4. The molecule has 2 unspecified atom stereocenters. The molecule has 1 aliphatic rings. The summed E-state index contributed by atoms with van der Waals surface area (Å²) in [5.41, 5.74) is 25.6. The molecule has 0 bridgehead atoms. The number of nitrogens with two attached hydrogens (primary N) is 2. The monoisotopic (exact) mass is 713 g/mol. The van der Waals surface area contributed by atoms with Crippen molar-refractivity contribution in [3.05, 3.63) is 129 Å². The molecule has 53 heavy (non-hydrogen) atoms. The Bertz CT molecular complexity index is 1550. The number of unbranched alkanes of at least 4 members (excludes halogenated alkanes) is 8. The third-order valence-electron chi connectivity index (χ3n) is 12.9. The summed E-state index contributed by atoms with van der Waals surface area (Å²) >= 11 is 0. The Morgan fingerprint density at radius 3 is 1.34 bits per heavy atom. The summed E-state index contributed by atoms with van der Waals surface area (Å²) in [5, 5.41) is 0. The SMILES string of the molecule is CCCCCCC(c1ccc(C2(c3ccc(C(CCCCCC)c4ccc(N)cc4C)cc3)CCC(CCCCC)CC2)cc1)c1ccc(N)cc1C. The molecular formula is C51H72N2. The van der Waals surface area contributed by atoms with E-state index in [-0.39, 0.29) is 5.41 Å². The average Bonchev–Trinajstić information content (AvgIpc) is 3.16. The molecule has 0 aromatic heterocycles. The number of hydrogen-bond acceptors (Lipinski definition) is 2. The largest absolute Gasteiger partial charge is 0.399 e. The summed E-state index contributed by atoms with van der Waals surface area (Å²) in [5.74, 6) is 1.66. The van der Waals surface area contributed by atoms with E-state index >= 15 is 0 Å². The Hall–Kier alpha value is -3.52. The van der Waals surface area contributed by atoms with E-state index in [4.69, 9.17) is 11.5 Å². The van der Waals surface area contributed by atoms with Crippen molar-refractivity contribution in [1.82, 2.24) is 0 Å². The highest BCUT2D eigenvalue weighted by Gasteiger charge is 2.38. The van der Waals surface area contributed by atoms with Crippen LogP contribution < -0.4 is 11.5 Å². The Morgan fingerprint density at radius 2 is 0.943 bits per heavy atom. The number of nitrogen functional groups attached to an aromatic ring is 2. The first-order valence-corrected chi connectivity index (χ1v) is 21.7. The molecule has 0 radical (unpaired) electrons. The normalized spacial score (nSPS) is 18.5. The van der Waals surface area contributed by atoms with Crippen molar-refractivity contribution in [1.29, 1.82) is 0 Å². The van der Waals surface area contributed by atoms with Crippen LogP contribution in [0.3, 0.4) is 0 Å². The molecular weight excluding hydrogens is 641 g/mol. The van der Waals surface area contributed by atoms with Gasteiger partial charge in [0.05, 0.1) is 0 Å². The van der Waals surface area contributed by atoms with Crippen molar-refractivity contribution in [2.45, 2.75) is 167 Å². The van der Waals surface area contributed by atoms with Gasteiger partial charge in [0, 0.05) is 28.6 Å². The number of anilines is 2. The van der Waals surface area contributed by atoms with Crippen LogP contribution in [0.4, 0.5) is 11.4 Å². The summed E-state index contributed by atoms with van der Waals surface area (Å²) in [6.07, 6.45) is 23.2. The van der Waals surface area contributed by atoms with E-state index < -0.39 is 0 Å². The van der Waals surface area contributed by atoms with Crippen LogP contribution in [0.2, 0.25) is 0 Å². The minimum atomic E-state index is 0.0553. The van der Waals surface area contributed by atoms with E-state index in [9.17, 15) is 0 Å². The van der Waals surface area contributed by atoms with Crippen molar-refractivity contribution in [3.8, 4) is 0 Å². The molecule has 1 saturated carbocycles. The third-order valence-corrected chi connectivity index (χ3v) is 12.9. The fourth-order valence-electron chi connectivity index (χ4n) is 9.69. The van der Waals surface area contributed by atoms with Gasteiger partial charge in [0.25, 0.3) is 0 Å². The molecule has 0 amide bonds. The number of hydrogen-bond donors (Lipinski definition) is 2. The third kappa shape index (κ3) is 10.6. The van der Waals surface area contributed by atoms with Gasteiger partial charge in [-0.3, -0.25) is 0 Å². The molecule has 4 aromatic carbocycles. The molecule has 1 fully saturated rings. The van der Waals surface area contributed by atoms with Crippen LogP contribution >= 0.6 is 0 Å². The predicted molar refractivity (Wildman–Crippen MR) is 232 cm³/mol. The zero-order valence-corrected chi connectivity index (χ0v) is 34.2. The lowest BCUT2D eigenvalue weighted by Crippen LogP contribution is -2.33. The Labute approximate surface area is 324 Å². The van der Waals surface area contributed by atoms with Crippen LogP contribution in [0.25, 0.3) is 0 Å². The molecule has 0 spiro atoms. The highest BCUT2D eigenvalue weighted by molar-refractivity contribution is 5.51. The predicted octanol–water partition coefficient (Wildman–Crippen LogP) is 14.7. The van der Waals surface area contributed by atoms with Gasteiger partial charge in [-0.15, -0.1) is 0 Å². The van der Waals surface area contributed by atoms with Crippen LogP contribution in [-0.2, 0) is 5.41 Å².